The minimum Gasteiger partial charge on any atom is -0.466 e. The second-order valence-corrected chi connectivity index (χ2v) is 21.4. The van der Waals surface area contributed by atoms with Crippen molar-refractivity contribution in [2.45, 2.75) is 366 Å². The first-order chi connectivity index (χ1) is 33.0. The number of ether oxygens (including phenoxy) is 1. The molecule has 0 aliphatic carbocycles. The quantitative estimate of drug-likeness (QED) is 0.0417. The number of esters is 1. The molecule has 0 heterocycles. The minimum absolute atomic E-state index is 0.0114. The molecule has 0 radical (unpaired) electrons. The Morgan fingerprint density at radius 2 is 0.612 bits per heavy atom. The number of aliphatic hydroxyl groups excluding tert-OH is 2. The summed E-state index contributed by atoms with van der Waals surface area (Å²) in [7, 11) is 0. The van der Waals surface area contributed by atoms with Crippen LogP contribution in [0.3, 0.4) is 0 Å². The Morgan fingerprint density at radius 3 is 0.910 bits per heavy atom. The number of amides is 1. The van der Waals surface area contributed by atoms with Crippen LogP contribution in [0.25, 0.3) is 0 Å². The van der Waals surface area contributed by atoms with Crippen LogP contribution in [0.1, 0.15) is 354 Å². The number of hydrogen-bond acceptors (Lipinski definition) is 5. The van der Waals surface area contributed by atoms with Gasteiger partial charge in [-0.1, -0.05) is 316 Å². The number of aliphatic hydroxyl groups is 2. The van der Waals surface area contributed by atoms with Gasteiger partial charge in [0.2, 0.25) is 5.91 Å². The first kappa shape index (κ1) is 65.9. The van der Waals surface area contributed by atoms with Gasteiger partial charge in [-0.15, -0.1) is 0 Å². The molecule has 1 amide bonds. The lowest BCUT2D eigenvalue weighted by molar-refractivity contribution is -0.143. The van der Waals surface area contributed by atoms with E-state index >= 15 is 0 Å². The van der Waals surface area contributed by atoms with Crippen LogP contribution in [0.2, 0.25) is 0 Å². The van der Waals surface area contributed by atoms with Gasteiger partial charge >= 0.3 is 5.97 Å². The van der Waals surface area contributed by atoms with Gasteiger partial charge in [0.25, 0.3) is 0 Å². The van der Waals surface area contributed by atoms with Crippen molar-refractivity contribution in [1.82, 2.24) is 5.32 Å². The highest BCUT2D eigenvalue weighted by atomic mass is 16.5. The van der Waals surface area contributed by atoms with Crippen LogP contribution < -0.4 is 5.32 Å². The second kappa shape index (κ2) is 57.4. The highest BCUT2D eigenvalue weighted by Crippen LogP contribution is 2.18. The number of nitrogens with one attached hydrogen (secondary N) is 1. The van der Waals surface area contributed by atoms with Crippen LogP contribution in [0.15, 0.2) is 0 Å². The number of hydrogen-bond donors (Lipinski definition) is 3. The average Bonchev–Trinajstić information content (AvgIpc) is 3.33. The predicted molar refractivity (Wildman–Crippen MR) is 292 cm³/mol. The molecule has 3 N–H and O–H groups in total. The smallest absolute Gasteiger partial charge is 0.305 e. The Bertz CT molecular complexity index is 959. The normalized spacial score (nSPS) is 12.5. The molecule has 0 saturated carbocycles. The van der Waals surface area contributed by atoms with Crippen LogP contribution in [-0.2, 0) is 14.3 Å². The van der Waals surface area contributed by atoms with Gasteiger partial charge in [0.1, 0.15) is 0 Å². The maximum absolute atomic E-state index is 12.5. The molecule has 0 bridgehead atoms. The Labute approximate surface area is 419 Å². The molecular weight excluding hydrogens is 827 g/mol. The van der Waals surface area contributed by atoms with Gasteiger partial charge in [-0.25, -0.2) is 0 Å². The number of rotatable bonds is 58. The lowest BCUT2D eigenvalue weighted by Gasteiger charge is -2.22. The first-order valence-corrected chi connectivity index (χ1v) is 30.8. The summed E-state index contributed by atoms with van der Waals surface area (Å²) in [5.74, 6) is -0.0238. The van der Waals surface area contributed by atoms with Crippen LogP contribution in [0.4, 0.5) is 0 Å². The fraction of sp³-hybridized carbons (Fsp3) is 0.967. The Morgan fingerprint density at radius 1 is 0.358 bits per heavy atom. The molecule has 0 aromatic rings. The van der Waals surface area contributed by atoms with Crippen molar-refractivity contribution in [2.75, 3.05) is 13.2 Å². The molecule has 2 atom stereocenters. The second-order valence-electron chi connectivity index (χ2n) is 21.4. The third kappa shape index (κ3) is 54.0. The topological polar surface area (TPSA) is 95.9 Å². The lowest BCUT2D eigenvalue weighted by Crippen LogP contribution is -2.45. The molecule has 0 spiro atoms. The van der Waals surface area contributed by atoms with Gasteiger partial charge in [0.15, 0.2) is 0 Å². The van der Waals surface area contributed by atoms with Crippen molar-refractivity contribution in [3.8, 4) is 0 Å². The van der Waals surface area contributed by atoms with Crippen LogP contribution in [0.5, 0.6) is 0 Å². The fourth-order valence-electron chi connectivity index (χ4n) is 9.94. The summed E-state index contributed by atoms with van der Waals surface area (Å²) in [5, 5.41) is 23.3. The molecule has 0 aliphatic rings. The largest absolute Gasteiger partial charge is 0.466 e. The van der Waals surface area contributed by atoms with Crippen LogP contribution >= 0.6 is 0 Å². The molecule has 0 aliphatic heterocycles. The Balaban J connectivity index is 3.38. The minimum atomic E-state index is -0.666. The van der Waals surface area contributed by atoms with Gasteiger partial charge in [0, 0.05) is 12.8 Å². The Hall–Kier alpha value is -1.14. The van der Waals surface area contributed by atoms with E-state index in [0.29, 0.717) is 25.9 Å². The third-order valence-electron chi connectivity index (χ3n) is 14.7. The SMILES string of the molecule is CCCCCCCCCCCCCCCCCCCC(O)C(CO)NC(=O)CCCCCCCCCCCCCCCCCCCCOC(=O)CCCCCCCCCCCCCCCCC. The van der Waals surface area contributed by atoms with Crippen molar-refractivity contribution >= 4 is 11.9 Å². The monoisotopic (exact) mass is 948 g/mol. The van der Waals surface area contributed by atoms with Crippen LogP contribution in [0, 0.1) is 0 Å². The zero-order valence-corrected chi connectivity index (χ0v) is 45.7. The number of carbonyl (C=O) groups is 2. The van der Waals surface area contributed by atoms with Gasteiger partial charge in [-0.3, -0.25) is 9.59 Å². The first-order valence-electron chi connectivity index (χ1n) is 30.8. The van der Waals surface area contributed by atoms with Crippen LogP contribution in [-0.4, -0.2) is 47.4 Å². The Kier molecular flexibility index (Phi) is 56.5. The average molecular weight is 949 g/mol. The van der Waals surface area contributed by atoms with E-state index < -0.39 is 12.1 Å². The maximum atomic E-state index is 12.5. The van der Waals surface area contributed by atoms with E-state index in [1.807, 2.05) is 0 Å². The summed E-state index contributed by atoms with van der Waals surface area (Å²) in [4.78, 5) is 24.6. The molecule has 0 saturated heterocycles. The summed E-state index contributed by atoms with van der Waals surface area (Å²) in [6.45, 7) is 4.98. The molecule has 0 fully saturated rings. The number of unbranched alkanes of at least 4 members (excludes halogenated alkanes) is 47. The van der Waals surface area contributed by atoms with E-state index in [2.05, 4.69) is 19.2 Å². The maximum Gasteiger partial charge on any atom is 0.305 e. The molecule has 67 heavy (non-hydrogen) atoms. The summed E-state index contributed by atoms with van der Waals surface area (Å²) < 4.78 is 5.49. The number of carbonyl (C=O) groups excluding carboxylic acids is 2. The molecular formula is C61H121NO5. The lowest BCUT2D eigenvalue weighted by atomic mass is 10.0. The van der Waals surface area contributed by atoms with E-state index in [9.17, 15) is 19.8 Å². The van der Waals surface area contributed by atoms with E-state index in [-0.39, 0.29) is 18.5 Å². The van der Waals surface area contributed by atoms with Crippen molar-refractivity contribution in [1.29, 1.82) is 0 Å². The molecule has 400 valence electrons. The third-order valence-corrected chi connectivity index (χ3v) is 14.7. The van der Waals surface area contributed by atoms with Crippen molar-refractivity contribution in [3.05, 3.63) is 0 Å². The van der Waals surface area contributed by atoms with Crippen molar-refractivity contribution in [2.24, 2.45) is 0 Å². The molecule has 0 rings (SSSR count). The predicted octanol–water partition coefficient (Wildman–Crippen LogP) is 19.1. The highest BCUT2D eigenvalue weighted by molar-refractivity contribution is 5.76. The van der Waals surface area contributed by atoms with E-state index in [1.165, 1.54) is 283 Å². The summed E-state index contributed by atoms with van der Waals surface area (Å²) in [6, 6.07) is -0.543. The molecule has 0 aromatic carbocycles. The fourth-order valence-corrected chi connectivity index (χ4v) is 9.94. The van der Waals surface area contributed by atoms with Gasteiger partial charge < -0.3 is 20.3 Å². The van der Waals surface area contributed by atoms with Gasteiger partial charge in [0.05, 0.1) is 25.4 Å². The van der Waals surface area contributed by atoms with E-state index in [4.69, 9.17) is 4.74 Å². The highest BCUT2D eigenvalue weighted by Gasteiger charge is 2.20. The van der Waals surface area contributed by atoms with E-state index in [1.54, 1.807) is 0 Å². The molecule has 6 heteroatoms. The molecule has 6 nitrogen and oxygen atoms in total. The standard InChI is InChI=1S/C61H121NO5/c1-3-5-7-9-11-13-15-17-19-22-26-29-33-37-41-45-49-53-59(64)58(57-63)62-60(65)54-50-46-42-38-34-30-27-23-20-21-24-28-32-36-40-44-48-52-56-67-61(66)55-51-47-43-39-35-31-25-18-16-14-12-10-8-6-4-2/h58-59,63-64H,3-57H2,1-2H3,(H,62,65). The van der Waals surface area contributed by atoms with Crippen molar-refractivity contribution in [3.63, 3.8) is 0 Å². The van der Waals surface area contributed by atoms with Crippen molar-refractivity contribution < 1.29 is 24.5 Å². The zero-order valence-electron chi connectivity index (χ0n) is 45.7. The van der Waals surface area contributed by atoms with Gasteiger partial charge in [-0.05, 0) is 25.7 Å². The van der Waals surface area contributed by atoms with E-state index in [0.717, 1.165) is 38.5 Å². The molecule has 0 aromatic heterocycles. The summed E-state index contributed by atoms with van der Waals surface area (Å²) >= 11 is 0. The molecule has 2 unspecified atom stereocenters. The zero-order chi connectivity index (χ0) is 48.6. The summed E-state index contributed by atoms with van der Waals surface area (Å²) in [6.07, 6.45) is 66.7. The summed E-state index contributed by atoms with van der Waals surface area (Å²) in [5.41, 5.74) is 0. The van der Waals surface area contributed by atoms with Gasteiger partial charge in [-0.2, -0.15) is 0 Å².